The molecule has 4 heteroatoms. The lowest BCUT2D eigenvalue weighted by atomic mass is 9.94. The number of likely N-dealkylation sites (tertiary alicyclic amines) is 1. The molecule has 1 amide bonds. The second-order valence-corrected chi connectivity index (χ2v) is 8.27. The van der Waals surface area contributed by atoms with Crippen LogP contribution in [-0.2, 0) is 11.3 Å². The first kappa shape index (κ1) is 21.0. The van der Waals surface area contributed by atoms with E-state index in [1.54, 1.807) is 24.3 Å². The lowest BCUT2D eigenvalue weighted by molar-refractivity contribution is -0.121. The summed E-state index contributed by atoms with van der Waals surface area (Å²) in [6.45, 7) is 4.83. The lowest BCUT2D eigenvalue weighted by Gasteiger charge is -2.31. The first-order chi connectivity index (χ1) is 15.1. The number of amides is 1. The zero-order chi connectivity index (χ0) is 21.6. The van der Waals surface area contributed by atoms with Gasteiger partial charge in [0.05, 0.1) is 5.69 Å². The van der Waals surface area contributed by atoms with Crippen LogP contribution in [-0.4, -0.2) is 29.7 Å². The third kappa shape index (κ3) is 5.28. The summed E-state index contributed by atoms with van der Waals surface area (Å²) in [7, 11) is 0. The number of piperidine rings is 1. The molecule has 0 radical (unpaired) electrons. The first-order valence-electron chi connectivity index (χ1n) is 10.9. The van der Waals surface area contributed by atoms with Crippen molar-refractivity contribution in [2.45, 2.75) is 26.3 Å². The van der Waals surface area contributed by atoms with E-state index >= 15 is 0 Å². The molecule has 1 N–H and O–H groups in total. The highest BCUT2D eigenvalue weighted by atomic mass is 16.2. The monoisotopic (exact) mass is 412 g/mol. The highest BCUT2D eigenvalue weighted by Crippen LogP contribution is 2.24. The number of ketones is 1. The Morgan fingerprint density at radius 3 is 2.35 bits per heavy atom. The van der Waals surface area contributed by atoms with Crippen LogP contribution in [0.3, 0.4) is 0 Å². The summed E-state index contributed by atoms with van der Waals surface area (Å²) < 4.78 is 0. The number of carbonyl (C=O) groups is 2. The lowest BCUT2D eigenvalue weighted by Crippen LogP contribution is -2.37. The van der Waals surface area contributed by atoms with E-state index in [1.165, 1.54) is 11.1 Å². The Morgan fingerprint density at radius 1 is 0.903 bits per heavy atom. The van der Waals surface area contributed by atoms with E-state index in [4.69, 9.17) is 0 Å². The molecule has 158 valence electrons. The smallest absolute Gasteiger partial charge is 0.227 e. The zero-order valence-electron chi connectivity index (χ0n) is 17.9. The molecule has 3 aromatic rings. The summed E-state index contributed by atoms with van der Waals surface area (Å²) in [6, 6.07) is 25.0. The van der Waals surface area contributed by atoms with Crippen molar-refractivity contribution in [3.8, 4) is 0 Å². The molecule has 4 nitrogen and oxygen atoms in total. The van der Waals surface area contributed by atoms with Gasteiger partial charge in [0.25, 0.3) is 0 Å². The van der Waals surface area contributed by atoms with E-state index in [1.807, 2.05) is 30.3 Å². The predicted molar refractivity (Wildman–Crippen MR) is 124 cm³/mol. The van der Waals surface area contributed by atoms with Gasteiger partial charge in [-0.25, -0.2) is 0 Å². The number of benzene rings is 3. The van der Waals surface area contributed by atoms with Crippen LogP contribution in [0.2, 0.25) is 0 Å². The van der Waals surface area contributed by atoms with E-state index in [0.717, 1.165) is 32.5 Å². The summed E-state index contributed by atoms with van der Waals surface area (Å²) in [6.07, 6.45) is 1.65. The SMILES string of the molecule is Cc1cccc(CN2CCC(C(=O)Nc3ccccc3C(=O)c3ccccc3)CC2)c1. The van der Waals surface area contributed by atoms with Gasteiger partial charge in [-0.05, 0) is 50.6 Å². The summed E-state index contributed by atoms with van der Waals surface area (Å²) in [4.78, 5) is 28.3. The molecule has 1 aliphatic heterocycles. The predicted octanol–water partition coefficient (Wildman–Crippen LogP) is 5.08. The number of rotatable bonds is 6. The van der Waals surface area contributed by atoms with Crippen molar-refractivity contribution in [3.63, 3.8) is 0 Å². The van der Waals surface area contributed by atoms with Crippen molar-refractivity contribution >= 4 is 17.4 Å². The summed E-state index contributed by atoms with van der Waals surface area (Å²) in [5.74, 6) is -0.110. The Kier molecular flexibility index (Phi) is 6.58. The van der Waals surface area contributed by atoms with E-state index in [9.17, 15) is 9.59 Å². The molecular weight excluding hydrogens is 384 g/mol. The average Bonchev–Trinajstić information content (AvgIpc) is 2.80. The van der Waals surface area contributed by atoms with E-state index in [0.29, 0.717) is 16.8 Å². The number of nitrogens with one attached hydrogen (secondary N) is 1. The Bertz CT molecular complexity index is 1050. The maximum Gasteiger partial charge on any atom is 0.227 e. The van der Waals surface area contributed by atoms with Gasteiger partial charge < -0.3 is 5.32 Å². The van der Waals surface area contributed by atoms with E-state index in [-0.39, 0.29) is 17.6 Å². The number of nitrogens with zero attached hydrogens (tertiary/aromatic N) is 1. The van der Waals surface area contributed by atoms with Gasteiger partial charge in [0.15, 0.2) is 5.78 Å². The van der Waals surface area contributed by atoms with Gasteiger partial charge in [-0.1, -0.05) is 72.3 Å². The normalized spacial score (nSPS) is 14.9. The first-order valence-corrected chi connectivity index (χ1v) is 10.9. The molecule has 0 aromatic heterocycles. The highest BCUT2D eigenvalue weighted by molar-refractivity contribution is 6.13. The number of aryl methyl sites for hydroxylation is 1. The molecule has 1 heterocycles. The minimum absolute atomic E-state index is 0.00326. The Hall–Kier alpha value is -3.24. The van der Waals surface area contributed by atoms with E-state index < -0.39 is 0 Å². The third-order valence-corrected chi connectivity index (χ3v) is 5.91. The Morgan fingerprint density at radius 2 is 1.61 bits per heavy atom. The van der Waals surface area contributed by atoms with Gasteiger partial charge in [-0.2, -0.15) is 0 Å². The molecule has 31 heavy (non-hydrogen) atoms. The molecule has 3 aromatic carbocycles. The van der Waals surface area contributed by atoms with Crippen LogP contribution in [0, 0.1) is 12.8 Å². The van der Waals surface area contributed by atoms with Crippen LogP contribution >= 0.6 is 0 Å². The van der Waals surface area contributed by atoms with Gasteiger partial charge in [0.1, 0.15) is 0 Å². The van der Waals surface area contributed by atoms with Crippen molar-refractivity contribution in [3.05, 3.63) is 101 Å². The number of anilines is 1. The van der Waals surface area contributed by atoms with Crippen LogP contribution in [0.25, 0.3) is 0 Å². The molecule has 0 aliphatic carbocycles. The molecule has 0 saturated carbocycles. The standard InChI is InChI=1S/C27H28N2O2/c1-20-8-7-9-21(18-20)19-29-16-14-23(15-17-29)27(31)28-25-13-6-5-12-24(25)26(30)22-10-3-2-4-11-22/h2-13,18,23H,14-17,19H2,1H3,(H,28,31). The van der Waals surface area contributed by atoms with Gasteiger partial charge in [-0.15, -0.1) is 0 Å². The van der Waals surface area contributed by atoms with Crippen molar-refractivity contribution in [1.29, 1.82) is 0 Å². The van der Waals surface area contributed by atoms with E-state index in [2.05, 4.69) is 41.4 Å². The third-order valence-electron chi connectivity index (χ3n) is 5.91. The van der Waals surface area contributed by atoms with Gasteiger partial charge in [0.2, 0.25) is 5.91 Å². The molecule has 1 aliphatic rings. The number of hydrogen-bond donors (Lipinski definition) is 1. The van der Waals surface area contributed by atoms with Crippen LogP contribution < -0.4 is 5.32 Å². The fraction of sp³-hybridized carbons (Fsp3) is 0.259. The van der Waals surface area contributed by atoms with Gasteiger partial charge >= 0.3 is 0 Å². The molecule has 0 unspecified atom stereocenters. The molecule has 1 saturated heterocycles. The van der Waals surface area contributed by atoms with Gasteiger partial charge in [-0.3, -0.25) is 14.5 Å². The number of carbonyl (C=O) groups excluding carboxylic acids is 2. The molecule has 0 bridgehead atoms. The van der Waals surface area contributed by atoms with Crippen molar-refractivity contribution < 1.29 is 9.59 Å². The van der Waals surface area contributed by atoms with Crippen molar-refractivity contribution in [2.75, 3.05) is 18.4 Å². The molecular formula is C27H28N2O2. The van der Waals surface area contributed by atoms with Crippen LogP contribution in [0.4, 0.5) is 5.69 Å². The van der Waals surface area contributed by atoms with Crippen LogP contribution in [0.1, 0.15) is 39.9 Å². The van der Waals surface area contributed by atoms with Crippen LogP contribution in [0.5, 0.6) is 0 Å². The zero-order valence-corrected chi connectivity index (χ0v) is 17.9. The quantitative estimate of drug-likeness (QED) is 0.575. The summed E-state index contributed by atoms with van der Waals surface area (Å²) in [5.41, 5.74) is 4.32. The minimum atomic E-state index is -0.0792. The molecule has 4 rings (SSSR count). The fourth-order valence-corrected chi connectivity index (χ4v) is 4.19. The number of hydrogen-bond acceptors (Lipinski definition) is 3. The van der Waals surface area contributed by atoms with Crippen molar-refractivity contribution in [1.82, 2.24) is 4.90 Å². The Balaban J connectivity index is 1.37. The topological polar surface area (TPSA) is 49.4 Å². The van der Waals surface area contributed by atoms with Crippen molar-refractivity contribution in [2.24, 2.45) is 5.92 Å². The summed E-state index contributed by atoms with van der Waals surface area (Å²) in [5, 5.41) is 3.02. The molecule has 0 atom stereocenters. The molecule has 1 fully saturated rings. The second-order valence-electron chi connectivity index (χ2n) is 8.27. The average molecular weight is 413 g/mol. The maximum atomic E-state index is 12.9. The van der Waals surface area contributed by atoms with Gasteiger partial charge in [0, 0.05) is 23.6 Å². The fourth-order valence-electron chi connectivity index (χ4n) is 4.19. The number of para-hydroxylation sites is 1. The molecule has 0 spiro atoms. The minimum Gasteiger partial charge on any atom is -0.325 e. The largest absolute Gasteiger partial charge is 0.325 e. The summed E-state index contributed by atoms with van der Waals surface area (Å²) >= 11 is 0. The highest BCUT2D eigenvalue weighted by Gasteiger charge is 2.26. The van der Waals surface area contributed by atoms with Crippen LogP contribution in [0.15, 0.2) is 78.9 Å². The second kappa shape index (κ2) is 9.71. The maximum absolute atomic E-state index is 12.9. The Labute approximate surface area is 183 Å².